The molecule has 9 heteroatoms. The first-order valence-electron chi connectivity index (χ1n) is 10.2. The van der Waals surface area contributed by atoms with Crippen LogP contribution in [-0.4, -0.2) is 39.3 Å². The molecule has 0 fully saturated rings. The molecule has 0 saturated carbocycles. The Bertz CT molecular complexity index is 1240. The van der Waals surface area contributed by atoms with Gasteiger partial charge in [0.2, 0.25) is 5.91 Å². The molecule has 0 spiro atoms. The second kappa shape index (κ2) is 10.4. The van der Waals surface area contributed by atoms with Gasteiger partial charge in [-0.05, 0) is 43.3 Å². The largest absolute Gasteiger partial charge is 0.494 e. The van der Waals surface area contributed by atoms with Crippen molar-refractivity contribution >= 4 is 39.2 Å². The SMILES string of the molecule is CCOc1ccc(-c2cc(=O)n(CCNC(=O)CSc3nc4ccccc4s3)cn2)cc1. The van der Waals surface area contributed by atoms with Gasteiger partial charge < -0.3 is 10.1 Å². The number of amides is 1. The first-order chi connectivity index (χ1) is 15.6. The molecule has 7 nitrogen and oxygen atoms in total. The minimum absolute atomic E-state index is 0.0960. The van der Waals surface area contributed by atoms with Crippen molar-refractivity contribution in [3.8, 4) is 17.0 Å². The van der Waals surface area contributed by atoms with Crippen LogP contribution < -0.4 is 15.6 Å². The van der Waals surface area contributed by atoms with Crippen molar-refractivity contribution in [1.82, 2.24) is 19.9 Å². The highest BCUT2D eigenvalue weighted by Crippen LogP contribution is 2.29. The molecule has 4 rings (SSSR count). The molecule has 0 aliphatic rings. The number of aromatic nitrogens is 3. The summed E-state index contributed by atoms with van der Waals surface area (Å²) in [6.07, 6.45) is 1.51. The Kier molecular flexibility index (Phi) is 7.18. The predicted molar refractivity (Wildman–Crippen MR) is 128 cm³/mol. The molecule has 164 valence electrons. The topological polar surface area (TPSA) is 86.1 Å². The number of nitrogens with one attached hydrogen (secondary N) is 1. The van der Waals surface area contributed by atoms with E-state index in [9.17, 15) is 9.59 Å². The van der Waals surface area contributed by atoms with Crippen molar-refractivity contribution in [1.29, 1.82) is 0 Å². The number of hydrogen-bond donors (Lipinski definition) is 1. The Hall–Kier alpha value is -3.17. The van der Waals surface area contributed by atoms with Crippen molar-refractivity contribution in [2.24, 2.45) is 0 Å². The van der Waals surface area contributed by atoms with Crippen LogP contribution in [0.25, 0.3) is 21.5 Å². The lowest BCUT2D eigenvalue weighted by Gasteiger charge is -2.08. The number of fused-ring (bicyclic) bond motifs is 1. The predicted octanol–water partition coefficient (Wildman–Crippen LogP) is 3.83. The fourth-order valence-corrected chi connectivity index (χ4v) is 4.95. The summed E-state index contributed by atoms with van der Waals surface area (Å²) in [4.78, 5) is 33.5. The maximum absolute atomic E-state index is 12.4. The van der Waals surface area contributed by atoms with Crippen LogP contribution in [0.5, 0.6) is 5.75 Å². The minimum Gasteiger partial charge on any atom is -0.494 e. The summed E-state index contributed by atoms with van der Waals surface area (Å²) in [5.74, 6) is 0.965. The van der Waals surface area contributed by atoms with Crippen LogP contribution in [0.3, 0.4) is 0 Å². The van der Waals surface area contributed by atoms with E-state index in [1.165, 1.54) is 28.7 Å². The highest BCUT2D eigenvalue weighted by Gasteiger charge is 2.08. The van der Waals surface area contributed by atoms with Crippen molar-refractivity contribution in [2.45, 2.75) is 17.8 Å². The minimum atomic E-state index is -0.165. The zero-order chi connectivity index (χ0) is 22.3. The van der Waals surface area contributed by atoms with Gasteiger partial charge in [-0.1, -0.05) is 23.9 Å². The molecule has 1 amide bonds. The molecule has 1 N–H and O–H groups in total. The lowest BCUT2D eigenvalue weighted by atomic mass is 10.1. The van der Waals surface area contributed by atoms with Crippen LogP contribution in [0.1, 0.15) is 6.92 Å². The molecule has 0 atom stereocenters. The normalized spacial score (nSPS) is 10.9. The van der Waals surface area contributed by atoms with Crippen LogP contribution >= 0.6 is 23.1 Å². The van der Waals surface area contributed by atoms with E-state index < -0.39 is 0 Å². The monoisotopic (exact) mass is 466 g/mol. The lowest BCUT2D eigenvalue weighted by Crippen LogP contribution is -2.31. The van der Waals surface area contributed by atoms with Crippen LogP contribution in [0.2, 0.25) is 0 Å². The van der Waals surface area contributed by atoms with Crippen LogP contribution in [-0.2, 0) is 11.3 Å². The number of thiazole rings is 1. The van der Waals surface area contributed by atoms with E-state index >= 15 is 0 Å². The molecule has 2 aromatic heterocycles. The summed E-state index contributed by atoms with van der Waals surface area (Å²) in [7, 11) is 0. The second-order valence-electron chi connectivity index (χ2n) is 6.85. The van der Waals surface area contributed by atoms with Crippen LogP contribution in [0.15, 0.2) is 70.1 Å². The number of benzene rings is 2. The third-order valence-electron chi connectivity index (χ3n) is 4.62. The Labute approximate surface area is 193 Å². The van der Waals surface area contributed by atoms with Gasteiger partial charge in [-0.15, -0.1) is 11.3 Å². The molecular weight excluding hydrogens is 444 g/mol. The van der Waals surface area contributed by atoms with E-state index in [0.29, 0.717) is 25.4 Å². The Balaban J connectivity index is 1.27. The van der Waals surface area contributed by atoms with Crippen molar-refractivity contribution in [3.63, 3.8) is 0 Å². The smallest absolute Gasteiger partial charge is 0.253 e. The van der Waals surface area contributed by atoms with Crippen molar-refractivity contribution in [3.05, 3.63) is 71.3 Å². The summed E-state index contributed by atoms with van der Waals surface area (Å²) >= 11 is 2.99. The maximum atomic E-state index is 12.4. The van der Waals surface area contributed by atoms with Gasteiger partial charge in [0.15, 0.2) is 4.34 Å². The summed E-state index contributed by atoms with van der Waals surface area (Å²) in [5.41, 5.74) is 2.23. The first-order valence-corrected chi connectivity index (χ1v) is 12.0. The van der Waals surface area contributed by atoms with Crippen LogP contribution in [0, 0.1) is 0 Å². The maximum Gasteiger partial charge on any atom is 0.253 e. The Morgan fingerprint density at radius 3 is 2.75 bits per heavy atom. The van der Waals surface area contributed by atoms with Crippen LogP contribution in [0.4, 0.5) is 0 Å². The lowest BCUT2D eigenvalue weighted by molar-refractivity contribution is -0.118. The highest BCUT2D eigenvalue weighted by molar-refractivity contribution is 8.01. The number of nitrogens with zero attached hydrogens (tertiary/aromatic N) is 3. The summed E-state index contributed by atoms with van der Waals surface area (Å²) in [6, 6.07) is 16.9. The molecule has 32 heavy (non-hydrogen) atoms. The molecule has 0 radical (unpaired) electrons. The summed E-state index contributed by atoms with van der Waals surface area (Å²) in [5, 5.41) is 2.84. The Morgan fingerprint density at radius 1 is 1.19 bits per heavy atom. The molecule has 0 bridgehead atoms. The number of para-hydroxylation sites is 1. The van der Waals surface area contributed by atoms with Crippen molar-refractivity contribution < 1.29 is 9.53 Å². The van der Waals surface area contributed by atoms with Gasteiger partial charge in [-0.3, -0.25) is 14.2 Å². The molecule has 2 aromatic carbocycles. The number of hydrogen-bond acceptors (Lipinski definition) is 7. The van der Waals surface area contributed by atoms with Crippen molar-refractivity contribution in [2.75, 3.05) is 18.9 Å². The molecular formula is C23H22N4O3S2. The van der Waals surface area contributed by atoms with Gasteiger partial charge in [0.05, 0.1) is 34.6 Å². The van der Waals surface area contributed by atoms with E-state index in [4.69, 9.17) is 4.74 Å². The molecule has 2 heterocycles. The van der Waals surface area contributed by atoms with Gasteiger partial charge in [0.25, 0.3) is 5.56 Å². The average molecular weight is 467 g/mol. The molecule has 0 aliphatic heterocycles. The number of ether oxygens (including phenoxy) is 1. The third-order valence-corrected chi connectivity index (χ3v) is 6.80. The first kappa shape index (κ1) is 22.0. The van der Waals surface area contributed by atoms with Gasteiger partial charge in [-0.25, -0.2) is 9.97 Å². The molecule has 4 aromatic rings. The summed E-state index contributed by atoms with van der Waals surface area (Å²) in [6.45, 7) is 3.24. The van der Waals surface area contributed by atoms with E-state index in [2.05, 4.69) is 15.3 Å². The zero-order valence-electron chi connectivity index (χ0n) is 17.5. The van der Waals surface area contributed by atoms with E-state index in [-0.39, 0.29) is 17.2 Å². The molecule has 0 aliphatic carbocycles. The van der Waals surface area contributed by atoms with E-state index in [0.717, 1.165) is 25.9 Å². The number of rotatable bonds is 9. The number of carbonyl (C=O) groups is 1. The van der Waals surface area contributed by atoms with E-state index in [1.54, 1.807) is 11.3 Å². The van der Waals surface area contributed by atoms with E-state index in [1.807, 2.05) is 55.5 Å². The standard InChI is InChI=1S/C23H22N4O3S2/c1-2-30-17-9-7-16(8-10-17)19-13-22(29)27(15-25-19)12-11-24-21(28)14-31-23-26-18-5-3-4-6-20(18)32-23/h3-10,13,15H,2,11-12,14H2,1H3,(H,24,28). The summed E-state index contributed by atoms with van der Waals surface area (Å²) < 4.78 is 8.89. The fraction of sp³-hybridized carbons (Fsp3) is 0.217. The molecule has 0 saturated heterocycles. The second-order valence-corrected chi connectivity index (χ2v) is 9.10. The highest BCUT2D eigenvalue weighted by atomic mass is 32.2. The zero-order valence-corrected chi connectivity index (χ0v) is 19.1. The van der Waals surface area contributed by atoms with Gasteiger partial charge in [-0.2, -0.15) is 0 Å². The fourth-order valence-electron chi connectivity index (χ4n) is 3.05. The quantitative estimate of drug-likeness (QED) is 0.377. The van der Waals surface area contributed by atoms with Gasteiger partial charge in [0.1, 0.15) is 5.75 Å². The number of thioether (sulfide) groups is 1. The number of carbonyl (C=O) groups excluding carboxylic acids is 1. The molecule has 0 unspecified atom stereocenters. The Morgan fingerprint density at radius 2 is 2.00 bits per heavy atom. The van der Waals surface area contributed by atoms with Gasteiger partial charge >= 0.3 is 0 Å². The average Bonchev–Trinajstić information content (AvgIpc) is 3.23. The van der Waals surface area contributed by atoms with Gasteiger partial charge in [0, 0.05) is 24.7 Å². The third kappa shape index (κ3) is 5.54.